The van der Waals surface area contributed by atoms with Gasteiger partial charge >= 0.3 is 0 Å². The van der Waals surface area contributed by atoms with Gasteiger partial charge in [-0.2, -0.15) is 13.5 Å². The Morgan fingerprint density at radius 2 is 1.09 bits per heavy atom. The third-order valence-corrected chi connectivity index (χ3v) is 0.943. The van der Waals surface area contributed by atoms with Crippen molar-refractivity contribution in [2.24, 2.45) is 0 Å². The molecule has 0 fully saturated rings. The molecule has 0 N–H and O–H groups in total. The first kappa shape index (κ1) is 17.1. The summed E-state index contributed by atoms with van der Waals surface area (Å²) >= 11 is 0. The minimum absolute atomic E-state index is 0. The van der Waals surface area contributed by atoms with Gasteiger partial charge in [-0.05, 0) is 26.7 Å². The van der Waals surface area contributed by atoms with Crippen molar-refractivity contribution in [3.63, 3.8) is 0 Å². The first-order chi connectivity index (χ1) is 4.83. The second-order valence-electron chi connectivity index (χ2n) is 1.95. The summed E-state index contributed by atoms with van der Waals surface area (Å²) in [7, 11) is 0. The third-order valence-electron chi connectivity index (χ3n) is 0.943. The molecule has 0 aliphatic heterocycles. The van der Waals surface area contributed by atoms with Crippen LogP contribution in [0.25, 0.3) is 0 Å². The van der Waals surface area contributed by atoms with Gasteiger partial charge in [-0.1, -0.05) is 38.2 Å². The quantitative estimate of drug-likeness (QED) is 0.554. The number of hydrogen-bond donors (Lipinski definition) is 0. The maximum Gasteiger partial charge on any atom is -0.0379 e. The molecule has 0 rings (SSSR count). The average molecular weight is 174 g/mol. The zero-order valence-electron chi connectivity index (χ0n) is 8.22. The minimum Gasteiger partial charge on any atom is -0.197 e. The lowest BCUT2D eigenvalue weighted by atomic mass is 10.4. The fourth-order valence-electron chi connectivity index (χ4n) is 0.471. The predicted octanol–water partition coefficient (Wildman–Crippen LogP) is 4.06. The predicted molar refractivity (Wildman–Crippen MR) is 60.6 cm³/mol. The van der Waals surface area contributed by atoms with E-state index in [0.29, 0.717) is 0 Å². The van der Waals surface area contributed by atoms with Gasteiger partial charge in [-0.3, -0.25) is 0 Å². The van der Waals surface area contributed by atoms with Crippen molar-refractivity contribution in [1.29, 1.82) is 0 Å². The van der Waals surface area contributed by atoms with Crippen molar-refractivity contribution >= 4 is 13.5 Å². The highest BCUT2D eigenvalue weighted by atomic mass is 32.1. The molecule has 0 aliphatic carbocycles. The van der Waals surface area contributed by atoms with Crippen LogP contribution in [0.4, 0.5) is 0 Å². The van der Waals surface area contributed by atoms with Crippen LogP contribution < -0.4 is 0 Å². The molecular weight excluding hydrogens is 152 g/mol. The van der Waals surface area contributed by atoms with Gasteiger partial charge in [-0.25, -0.2) is 0 Å². The molecule has 0 aromatic carbocycles. The molecule has 0 heterocycles. The topological polar surface area (TPSA) is 0 Å². The molecule has 0 saturated heterocycles. The third kappa shape index (κ3) is 41.1. The lowest BCUT2D eigenvalue weighted by Gasteiger charge is -1.65. The fraction of sp³-hybridized carbons (Fsp3) is 0.600. The summed E-state index contributed by atoms with van der Waals surface area (Å²) in [5.74, 6) is 0. The Labute approximate surface area is 78.8 Å². The summed E-state index contributed by atoms with van der Waals surface area (Å²) in [6.07, 6.45) is 10.7. The van der Waals surface area contributed by atoms with Crippen LogP contribution in [0.2, 0.25) is 0 Å². The average Bonchev–Trinajstić information content (AvgIpc) is 1.93. The van der Waals surface area contributed by atoms with Crippen LogP contribution in [0.15, 0.2) is 24.3 Å². The van der Waals surface area contributed by atoms with E-state index >= 15 is 0 Å². The lowest BCUT2D eigenvalue weighted by Crippen LogP contribution is -1.43. The van der Waals surface area contributed by atoms with E-state index in [1.165, 1.54) is 0 Å². The van der Waals surface area contributed by atoms with Crippen molar-refractivity contribution in [3.8, 4) is 0 Å². The van der Waals surface area contributed by atoms with E-state index in [0.717, 1.165) is 12.8 Å². The van der Waals surface area contributed by atoms with E-state index < -0.39 is 0 Å². The van der Waals surface area contributed by atoms with Gasteiger partial charge in [0.05, 0.1) is 0 Å². The Balaban J connectivity index is -0.000000107. The van der Waals surface area contributed by atoms with Crippen molar-refractivity contribution < 1.29 is 0 Å². The summed E-state index contributed by atoms with van der Waals surface area (Å²) < 4.78 is 0. The first-order valence-electron chi connectivity index (χ1n) is 4.05. The monoisotopic (exact) mass is 174 g/mol. The van der Waals surface area contributed by atoms with Gasteiger partial charge in [0, 0.05) is 0 Å². The second kappa shape index (κ2) is 22.5. The molecular formula is C10H22S. The van der Waals surface area contributed by atoms with E-state index in [4.69, 9.17) is 0 Å². The van der Waals surface area contributed by atoms with Crippen LogP contribution in [0, 0.1) is 0 Å². The number of allylic oxidation sites excluding steroid dienone is 4. The Morgan fingerprint density at radius 3 is 1.09 bits per heavy atom. The molecule has 0 aromatic rings. The Morgan fingerprint density at radius 1 is 0.818 bits per heavy atom. The highest BCUT2D eigenvalue weighted by molar-refractivity contribution is 7.59. The zero-order valence-corrected chi connectivity index (χ0v) is 9.22. The molecule has 0 aliphatic rings. The zero-order chi connectivity index (χ0) is 8.24. The highest BCUT2D eigenvalue weighted by Crippen LogP contribution is 1.74. The SMILES string of the molecule is C/C=C/CC.C/C=C/CC.S. The van der Waals surface area contributed by atoms with Crippen LogP contribution in [0.1, 0.15) is 40.5 Å². The number of rotatable bonds is 2. The fourth-order valence-corrected chi connectivity index (χ4v) is 0.471. The maximum atomic E-state index is 2.12. The Kier molecular flexibility index (Phi) is 35.0. The van der Waals surface area contributed by atoms with E-state index in [2.05, 4.69) is 38.2 Å². The summed E-state index contributed by atoms with van der Waals surface area (Å²) in [6.45, 7) is 8.31. The van der Waals surface area contributed by atoms with Gasteiger partial charge in [-0.15, -0.1) is 0 Å². The summed E-state index contributed by atoms with van der Waals surface area (Å²) in [5.41, 5.74) is 0. The molecule has 1 heteroatoms. The molecule has 0 aromatic heterocycles. The summed E-state index contributed by atoms with van der Waals surface area (Å²) in [5, 5.41) is 0. The lowest BCUT2D eigenvalue weighted by molar-refractivity contribution is 1.22. The van der Waals surface area contributed by atoms with Crippen LogP contribution in [-0.2, 0) is 0 Å². The highest BCUT2D eigenvalue weighted by Gasteiger charge is 1.52. The molecule has 11 heavy (non-hydrogen) atoms. The molecule has 0 bridgehead atoms. The minimum atomic E-state index is 0. The second-order valence-corrected chi connectivity index (χ2v) is 1.95. The molecule has 0 unspecified atom stereocenters. The van der Waals surface area contributed by atoms with E-state index in [1.807, 2.05) is 13.8 Å². The van der Waals surface area contributed by atoms with Gasteiger partial charge < -0.3 is 0 Å². The van der Waals surface area contributed by atoms with E-state index in [9.17, 15) is 0 Å². The molecule has 0 atom stereocenters. The van der Waals surface area contributed by atoms with Crippen molar-refractivity contribution in [3.05, 3.63) is 24.3 Å². The molecule has 0 amide bonds. The van der Waals surface area contributed by atoms with Crippen molar-refractivity contribution in [2.75, 3.05) is 0 Å². The smallest absolute Gasteiger partial charge is 0.0379 e. The Bertz CT molecular complexity index is 70.9. The van der Waals surface area contributed by atoms with Gasteiger partial charge in [0.25, 0.3) is 0 Å². The summed E-state index contributed by atoms with van der Waals surface area (Å²) in [4.78, 5) is 0. The van der Waals surface area contributed by atoms with Gasteiger partial charge in [0.1, 0.15) is 0 Å². The van der Waals surface area contributed by atoms with Crippen molar-refractivity contribution in [1.82, 2.24) is 0 Å². The van der Waals surface area contributed by atoms with E-state index in [1.54, 1.807) is 0 Å². The van der Waals surface area contributed by atoms with Gasteiger partial charge in [0.15, 0.2) is 0 Å². The first-order valence-corrected chi connectivity index (χ1v) is 4.05. The van der Waals surface area contributed by atoms with E-state index in [-0.39, 0.29) is 13.5 Å². The molecule has 0 spiro atoms. The van der Waals surface area contributed by atoms with Crippen LogP contribution >= 0.6 is 13.5 Å². The van der Waals surface area contributed by atoms with Crippen LogP contribution in [0.5, 0.6) is 0 Å². The normalized spacial score (nSPS) is 9.09. The standard InChI is InChI=1S/2C5H10.H2S/c2*1-3-5-4-2;/h2*3,5H,4H2,1-2H3;1H2/b2*5-3+;. The molecule has 68 valence electrons. The summed E-state index contributed by atoms with van der Waals surface area (Å²) in [6, 6.07) is 0. The Hall–Kier alpha value is -0.170. The molecule has 0 saturated carbocycles. The van der Waals surface area contributed by atoms with Crippen LogP contribution in [-0.4, -0.2) is 0 Å². The molecule has 0 nitrogen and oxygen atoms in total. The maximum absolute atomic E-state index is 2.12. The van der Waals surface area contributed by atoms with Crippen LogP contribution in [0.3, 0.4) is 0 Å². The molecule has 0 radical (unpaired) electrons. The largest absolute Gasteiger partial charge is 0.197 e. The number of hydrogen-bond acceptors (Lipinski definition) is 0. The van der Waals surface area contributed by atoms with Gasteiger partial charge in [0.2, 0.25) is 0 Å². The van der Waals surface area contributed by atoms with Crippen molar-refractivity contribution in [2.45, 2.75) is 40.5 Å².